The fraction of sp³-hybridized carbons (Fsp3) is 0.364. The second-order valence-electron chi connectivity index (χ2n) is 3.47. The number of pyridine rings is 1. The summed E-state index contributed by atoms with van der Waals surface area (Å²) in [5, 5.41) is 9.16. The molecule has 1 aromatic rings. The second kappa shape index (κ2) is 6.93. The summed E-state index contributed by atoms with van der Waals surface area (Å²) < 4.78 is 4.83. The van der Waals surface area contributed by atoms with Crippen molar-refractivity contribution in [2.75, 3.05) is 26.8 Å². The first kappa shape index (κ1) is 14.4. The van der Waals surface area contributed by atoms with Crippen LogP contribution in [0, 0.1) is 0 Å². The van der Waals surface area contributed by atoms with Gasteiger partial charge in [-0.15, -0.1) is 0 Å². The third kappa shape index (κ3) is 4.31. The van der Waals surface area contributed by atoms with E-state index in [0.29, 0.717) is 5.02 Å². The first-order valence-corrected chi connectivity index (χ1v) is 5.54. The van der Waals surface area contributed by atoms with Crippen molar-refractivity contribution < 1.29 is 19.4 Å². The molecule has 98 valence electrons. The van der Waals surface area contributed by atoms with Crippen LogP contribution in [0.25, 0.3) is 0 Å². The molecule has 1 aromatic heterocycles. The number of amides is 1. The highest BCUT2D eigenvalue weighted by Gasteiger charge is 2.19. The van der Waals surface area contributed by atoms with Gasteiger partial charge in [0, 0.05) is 19.9 Å². The minimum atomic E-state index is -1.09. The lowest BCUT2D eigenvalue weighted by Gasteiger charge is -2.19. The predicted octanol–water partition coefficient (Wildman–Crippen LogP) is 0.908. The first-order valence-electron chi connectivity index (χ1n) is 5.16. The maximum atomic E-state index is 12.0. The molecule has 1 amide bonds. The van der Waals surface area contributed by atoms with Gasteiger partial charge in [0.25, 0.3) is 5.91 Å². The van der Waals surface area contributed by atoms with Crippen molar-refractivity contribution in [1.82, 2.24) is 9.88 Å². The average molecular weight is 273 g/mol. The van der Waals surface area contributed by atoms with Crippen molar-refractivity contribution >= 4 is 23.5 Å². The van der Waals surface area contributed by atoms with Gasteiger partial charge in [-0.05, 0) is 12.1 Å². The number of rotatable bonds is 6. The second-order valence-corrected chi connectivity index (χ2v) is 3.91. The van der Waals surface area contributed by atoms with E-state index in [4.69, 9.17) is 21.4 Å². The fourth-order valence-electron chi connectivity index (χ4n) is 1.28. The molecule has 0 radical (unpaired) electrons. The number of halogens is 1. The highest BCUT2D eigenvalue weighted by molar-refractivity contribution is 6.30. The van der Waals surface area contributed by atoms with Gasteiger partial charge in [0.15, 0.2) is 0 Å². The average Bonchev–Trinajstić information content (AvgIpc) is 2.34. The molecule has 1 heterocycles. The molecule has 0 saturated heterocycles. The summed E-state index contributed by atoms with van der Waals surface area (Å²) in [7, 11) is 1.48. The molecule has 7 heteroatoms. The van der Waals surface area contributed by atoms with Gasteiger partial charge >= 0.3 is 5.97 Å². The topological polar surface area (TPSA) is 79.7 Å². The van der Waals surface area contributed by atoms with Gasteiger partial charge in [-0.3, -0.25) is 9.59 Å². The number of carboxylic acid groups (broad SMARTS) is 1. The zero-order valence-electron chi connectivity index (χ0n) is 9.80. The van der Waals surface area contributed by atoms with E-state index in [2.05, 4.69) is 4.98 Å². The van der Waals surface area contributed by atoms with Crippen LogP contribution in [-0.4, -0.2) is 53.7 Å². The van der Waals surface area contributed by atoms with Gasteiger partial charge in [0.1, 0.15) is 12.2 Å². The summed E-state index contributed by atoms with van der Waals surface area (Å²) in [5.74, 6) is -1.56. The maximum Gasteiger partial charge on any atom is 0.323 e. The standard InChI is InChI=1S/C11H13ClN2O4/c1-18-5-4-14(7-10(15)16)11(17)9-3-2-8(12)6-13-9/h2-3,6H,4-5,7H2,1H3,(H,15,16). The Kier molecular flexibility index (Phi) is 5.54. The molecule has 6 nitrogen and oxygen atoms in total. The highest BCUT2D eigenvalue weighted by atomic mass is 35.5. The molecule has 0 spiro atoms. The molecule has 0 aliphatic heterocycles. The molecular weight excluding hydrogens is 260 g/mol. The summed E-state index contributed by atoms with van der Waals surface area (Å²) in [6.45, 7) is 0.0467. The molecule has 1 N–H and O–H groups in total. The van der Waals surface area contributed by atoms with Crippen molar-refractivity contribution in [3.05, 3.63) is 29.0 Å². The first-order chi connectivity index (χ1) is 8.54. The molecule has 0 saturated carbocycles. The van der Waals surface area contributed by atoms with Crippen LogP contribution in [0.4, 0.5) is 0 Å². The minimum absolute atomic E-state index is 0.150. The number of carboxylic acids is 1. The highest BCUT2D eigenvalue weighted by Crippen LogP contribution is 2.08. The van der Waals surface area contributed by atoms with Crippen LogP contribution in [0.2, 0.25) is 5.02 Å². The molecule has 0 aromatic carbocycles. The number of carbonyl (C=O) groups excluding carboxylic acids is 1. The zero-order valence-corrected chi connectivity index (χ0v) is 10.6. The minimum Gasteiger partial charge on any atom is -0.480 e. The lowest BCUT2D eigenvalue weighted by molar-refractivity contribution is -0.137. The summed E-state index contributed by atoms with van der Waals surface area (Å²) >= 11 is 5.66. The molecule has 0 atom stereocenters. The Hall–Kier alpha value is -1.66. The number of nitrogens with zero attached hydrogens (tertiary/aromatic N) is 2. The molecule has 0 aliphatic rings. The van der Waals surface area contributed by atoms with Gasteiger partial charge in [0.05, 0.1) is 11.6 Å². The predicted molar refractivity (Wildman–Crippen MR) is 64.7 cm³/mol. The molecule has 0 aliphatic carbocycles. The van der Waals surface area contributed by atoms with Crippen molar-refractivity contribution in [3.63, 3.8) is 0 Å². The molecule has 0 unspecified atom stereocenters. The van der Waals surface area contributed by atoms with Gasteiger partial charge < -0.3 is 14.7 Å². The number of carbonyl (C=O) groups is 2. The Morgan fingerprint density at radius 1 is 1.50 bits per heavy atom. The van der Waals surface area contributed by atoms with E-state index in [0.717, 1.165) is 4.90 Å². The van der Waals surface area contributed by atoms with E-state index >= 15 is 0 Å². The normalized spacial score (nSPS) is 10.1. The van der Waals surface area contributed by atoms with Gasteiger partial charge in [-0.2, -0.15) is 0 Å². The van der Waals surface area contributed by atoms with E-state index in [1.807, 2.05) is 0 Å². The smallest absolute Gasteiger partial charge is 0.323 e. The van der Waals surface area contributed by atoms with Gasteiger partial charge in [-0.25, -0.2) is 4.98 Å². The molecule has 1 rings (SSSR count). The number of aromatic nitrogens is 1. The van der Waals surface area contributed by atoms with E-state index in [-0.39, 0.29) is 18.8 Å². The number of hydrogen-bond acceptors (Lipinski definition) is 4. The van der Waals surface area contributed by atoms with Gasteiger partial charge in [0.2, 0.25) is 0 Å². The third-order valence-corrected chi connectivity index (χ3v) is 2.35. The molecular formula is C11H13ClN2O4. The van der Waals surface area contributed by atoms with Crippen LogP contribution < -0.4 is 0 Å². The SMILES string of the molecule is COCCN(CC(=O)O)C(=O)c1ccc(Cl)cn1. The number of aliphatic carboxylic acids is 1. The summed E-state index contributed by atoms with van der Waals surface area (Å²) in [5.41, 5.74) is 0.150. The molecule has 18 heavy (non-hydrogen) atoms. The van der Waals surface area contributed by atoms with Crippen molar-refractivity contribution in [3.8, 4) is 0 Å². The lowest BCUT2D eigenvalue weighted by atomic mass is 10.3. The van der Waals surface area contributed by atoms with Crippen LogP contribution in [0.15, 0.2) is 18.3 Å². The number of hydrogen-bond donors (Lipinski definition) is 1. The van der Waals surface area contributed by atoms with E-state index in [1.54, 1.807) is 0 Å². The van der Waals surface area contributed by atoms with Crippen molar-refractivity contribution in [1.29, 1.82) is 0 Å². The Labute approximate surface area is 109 Å². The Morgan fingerprint density at radius 3 is 2.72 bits per heavy atom. The number of methoxy groups -OCH3 is 1. The van der Waals surface area contributed by atoms with Crippen LogP contribution >= 0.6 is 11.6 Å². The van der Waals surface area contributed by atoms with E-state index in [1.165, 1.54) is 25.4 Å². The molecule has 0 bridgehead atoms. The Bertz CT molecular complexity index is 422. The van der Waals surface area contributed by atoms with Crippen LogP contribution in [0.1, 0.15) is 10.5 Å². The fourth-order valence-corrected chi connectivity index (χ4v) is 1.39. The van der Waals surface area contributed by atoms with Crippen LogP contribution in [0.3, 0.4) is 0 Å². The van der Waals surface area contributed by atoms with E-state index < -0.39 is 18.4 Å². The summed E-state index contributed by atoms with van der Waals surface area (Å²) in [6, 6.07) is 2.98. The summed E-state index contributed by atoms with van der Waals surface area (Å²) in [4.78, 5) is 27.7. The summed E-state index contributed by atoms with van der Waals surface area (Å²) in [6.07, 6.45) is 1.34. The maximum absolute atomic E-state index is 12.0. The van der Waals surface area contributed by atoms with Crippen molar-refractivity contribution in [2.24, 2.45) is 0 Å². The largest absolute Gasteiger partial charge is 0.480 e. The third-order valence-electron chi connectivity index (χ3n) is 2.13. The number of ether oxygens (including phenoxy) is 1. The zero-order chi connectivity index (χ0) is 13.5. The Morgan fingerprint density at radius 2 is 2.22 bits per heavy atom. The van der Waals surface area contributed by atoms with Crippen molar-refractivity contribution in [2.45, 2.75) is 0 Å². The monoisotopic (exact) mass is 272 g/mol. The van der Waals surface area contributed by atoms with E-state index in [9.17, 15) is 9.59 Å². The lowest BCUT2D eigenvalue weighted by Crippen LogP contribution is -2.38. The Balaban J connectivity index is 2.80. The molecule has 0 fully saturated rings. The van der Waals surface area contributed by atoms with Crippen LogP contribution in [-0.2, 0) is 9.53 Å². The quantitative estimate of drug-likeness (QED) is 0.832. The van der Waals surface area contributed by atoms with Gasteiger partial charge in [-0.1, -0.05) is 11.6 Å². The van der Waals surface area contributed by atoms with Crippen LogP contribution in [0.5, 0.6) is 0 Å².